The van der Waals surface area contributed by atoms with E-state index in [1.54, 1.807) is 12.1 Å². The average molecular weight is 494 g/mol. The van der Waals surface area contributed by atoms with Crippen molar-refractivity contribution in [3.05, 3.63) is 71.6 Å². The summed E-state index contributed by atoms with van der Waals surface area (Å²) >= 11 is 0. The molecule has 0 aliphatic heterocycles. The van der Waals surface area contributed by atoms with Crippen molar-refractivity contribution >= 4 is 0 Å². The molecule has 6 rings (SSSR count). The molecule has 2 unspecified atom stereocenters. The van der Waals surface area contributed by atoms with Crippen molar-refractivity contribution in [1.82, 2.24) is 20.2 Å². The van der Waals surface area contributed by atoms with Gasteiger partial charge in [-0.15, -0.1) is 5.10 Å². The van der Waals surface area contributed by atoms with Gasteiger partial charge in [-0.05, 0) is 70.2 Å². The largest absolute Gasteiger partial charge is 0.484 e. The monoisotopic (exact) mass is 494 g/mol. The van der Waals surface area contributed by atoms with E-state index in [2.05, 4.69) is 15.5 Å². The molecule has 186 valence electrons. The lowest BCUT2D eigenvalue weighted by Crippen LogP contribution is -2.70. The first-order valence-electron chi connectivity index (χ1n) is 11.1. The van der Waals surface area contributed by atoms with E-state index in [-0.39, 0.29) is 28.7 Å². The number of aliphatic hydroxyl groups is 1. The van der Waals surface area contributed by atoms with Crippen LogP contribution in [0.3, 0.4) is 0 Å². The second kappa shape index (κ2) is 7.97. The second-order valence-electron chi connectivity index (χ2n) is 9.88. The lowest BCUT2D eigenvalue weighted by Gasteiger charge is -2.75. The summed E-state index contributed by atoms with van der Waals surface area (Å²) in [6.07, 6.45) is -0.900. The fraction of sp³-hybridized carbons (Fsp3) is 0.458. The molecular weight excluding hydrogens is 471 g/mol. The van der Waals surface area contributed by atoms with Crippen molar-refractivity contribution in [1.29, 1.82) is 0 Å². The lowest BCUT2D eigenvalue weighted by molar-refractivity contribution is -0.231. The Kier molecular flexibility index (Phi) is 5.39. The Morgan fingerprint density at radius 2 is 1.77 bits per heavy atom. The fourth-order valence-corrected chi connectivity index (χ4v) is 6.00. The van der Waals surface area contributed by atoms with Gasteiger partial charge in [-0.3, -0.25) is 0 Å². The molecule has 35 heavy (non-hydrogen) atoms. The Morgan fingerprint density at radius 3 is 2.34 bits per heavy atom. The summed E-state index contributed by atoms with van der Waals surface area (Å²) in [5.41, 5.74) is -1.16. The molecule has 2 atom stereocenters. The Bertz CT molecular complexity index is 1200. The molecule has 2 aromatic carbocycles. The van der Waals surface area contributed by atoms with Gasteiger partial charge in [0.1, 0.15) is 29.3 Å². The predicted octanol–water partition coefficient (Wildman–Crippen LogP) is 4.54. The van der Waals surface area contributed by atoms with E-state index in [1.807, 2.05) is 6.92 Å². The third-order valence-electron chi connectivity index (χ3n) is 7.77. The number of aromatic nitrogens is 4. The summed E-state index contributed by atoms with van der Waals surface area (Å²) in [6.45, 7) is 0.395. The summed E-state index contributed by atoms with van der Waals surface area (Å²) in [7, 11) is 0. The number of hydrogen-bond acceptors (Lipinski definition) is 5. The maximum atomic E-state index is 14.8. The summed E-state index contributed by atoms with van der Waals surface area (Å²) < 4.78 is 71.7. The predicted molar refractivity (Wildman–Crippen MR) is 113 cm³/mol. The van der Waals surface area contributed by atoms with E-state index in [4.69, 9.17) is 4.74 Å². The van der Waals surface area contributed by atoms with Gasteiger partial charge in [-0.1, -0.05) is 25.1 Å². The van der Waals surface area contributed by atoms with Crippen LogP contribution in [0.2, 0.25) is 0 Å². The molecule has 2 bridgehead atoms. The third-order valence-corrected chi connectivity index (χ3v) is 7.77. The van der Waals surface area contributed by atoms with Gasteiger partial charge in [0, 0.05) is 11.6 Å². The van der Waals surface area contributed by atoms with Crippen LogP contribution in [-0.4, -0.2) is 38.1 Å². The summed E-state index contributed by atoms with van der Waals surface area (Å²) in [6, 6.07) is 9.71. The average Bonchev–Trinajstić information content (AvgIpc) is 3.23. The zero-order valence-electron chi connectivity index (χ0n) is 18.8. The van der Waals surface area contributed by atoms with Gasteiger partial charge in [0.15, 0.2) is 6.61 Å². The van der Waals surface area contributed by atoms with Gasteiger partial charge >= 0.3 is 6.18 Å². The molecule has 3 aliphatic rings. The quantitative estimate of drug-likeness (QED) is 0.466. The topological polar surface area (TPSA) is 73.1 Å². The van der Waals surface area contributed by atoms with Gasteiger partial charge in [0.25, 0.3) is 0 Å². The summed E-state index contributed by atoms with van der Waals surface area (Å²) in [5.74, 6) is -1.86. The minimum atomic E-state index is -4.40. The van der Waals surface area contributed by atoms with Crippen LogP contribution in [0.15, 0.2) is 48.8 Å². The molecule has 6 nitrogen and oxygen atoms in total. The number of tetrazole rings is 1. The Labute approximate surface area is 197 Å². The highest BCUT2D eigenvalue weighted by Crippen LogP contribution is 2.78. The van der Waals surface area contributed by atoms with Gasteiger partial charge in [-0.2, -0.15) is 13.2 Å². The minimum absolute atomic E-state index is 0.0214. The molecule has 1 heterocycles. The van der Waals surface area contributed by atoms with Crippen molar-refractivity contribution in [3.8, 4) is 5.75 Å². The molecule has 0 radical (unpaired) electrons. The highest BCUT2D eigenvalue weighted by molar-refractivity contribution is 5.42. The number of benzene rings is 2. The van der Waals surface area contributed by atoms with Gasteiger partial charge < -0.3 is 9.84 Å². The molecule has 3 fully saturated rings. The van der Waals surface area contributed by atoms with Crippen molar-refractivity contribution in [2.75, 3.05) is 6.61 Å². The summed E-state index contributed by atoms with van der Waals surface area (Å²) in [4.78, 5) is 0. The van der Waals surface area contributed by atoms with Crippen LogP contribution in [0.5, 0.6) is 5.75 Å². The first-order chi connectivity index (χ1) is 16.4. The van der Waals surface area contributed by atoms with Crippen molar-refractivity contribution in [2.45, 2.75) is 49.9 Å². The first-order valence-corrected chi connectivity index (χ1v) is 11.1. The van der Waals surface area contributed by atoms with Crippen molar-refractivity contribution in [3.63, 3.8) is 0 Å². The fourth-order valence-electron chi connectivity index (χ4n) is 6.00. The maximum Gasteiger partial charge on any atom is 0.422 e. The van der Waals surface area contributed by atoms with E-state index in [9.17, 15) is 27.1 Å². The minimum Gasteiger partial charge on any atom is -0.484 e. The van der Waals surface area contributed by atoms with Crippen LogP contribution >= 0.6 is 0 Å². The Balaban J connectivity index is 1.35. The maximum absolute atomic E-state index is 14.8. The standard InChI is InChI=1S/C24H23F5N4O2/c1-15(23(34,12-33-14-30-31-32-33)19-7-4-17(25)8-20(19)26)21-9-22(10-21,11-21)16-2-5-18(6-3-16)35-13-24(27,28)29/h2-8,14-15,34H,9-13H2,1H3. The molecular formula is C24H23F5N4O2. The van der Waals surface area contributed by atoms with Crippen LogP contribution < -0.4 is 4.74 Å². The van der Waals surface area contributed by atoms with Crippen LogP contribution in [0, 0.1) is 23.0 Å². The highest BCUT2D eigenvalue weighted by Gasteiger charge is 2.72. The normalized spacial score (nSPS) is 25.8. The van der Waals surface area contributed by atoms with Crippen LogP contribution in [-0.2, 0) is 17.6 Å². The van der Waals surface area contributed by atoms with E-state index < -0.39 is 35.9 Å². The summed E-state index contributed by atoms with van der Waals surface area (Å²) in [5, 5.41) is 22.8. The Hall–Kier alpha value is -3.08. The highest BCUT2D eigenvalue weighted by atomic mass is 19.4. The van der Waals surface area contributed by atoms with Crippen LogP contribution in [0.4, 0.5) is 22.0 Å². The van der Waals surface area contributed by atoms with Gasteiger partial charge in [0.2, 0.25) is 0 Å². The SMILES string of the molecule is CC(C12CC(c3ccc(OCC(F)(F)F)cc3)(C1)C2)C(O)(Cn1cnnn1)c1ccc(F)cc1F. The number of halogens is 5. The van der Waals surface area contributed by atoms with Gasteiger partial charge in [-0.25, -0.2) is 13.5 Å². The zero-order valence-corrected chi connectivity index (χ0v) is 18.8. The second-order valence-corrected chi connectivity index (χ2v) is 9.88. The smallest absolute Gasteiger partial charge is 0.422 e. The number of alkyl halides is 3. The van der Waals surface area contributed by atoms with Crippen molar-refractivity contribution in [2.24, 2.45) is 11.3 Å². The molecule has 1 aromatic heterocycles. The Morgan fingerprint density at radius 1 is 1.09 bits per heavy atom. The molecule has 11 heteroatoms. The molecule has 0 saturated heterocycles. The molecule has 3 aromatic rings. The van der Waals surface area contributed by atoms with E-state index in [1.165, 1.54) is 29.2 Å². The van der Waals surface area contributed by atoms with Crippen LogP contribution in [0.25, 0.3) is 0 Å². The number of rotatable bonds is 8. The molecule has 1 N–H and O–H groups in total. The van der Waals surface area contributed by atoms with E-state index in [0.717, 1.165) is 37.0 Å². The van der Waals surface area contributed by atoms with E-state index >= 15 is 0 Å². The number of nitrogens with zero attached hydrogens (tertiary/aromatic N) is 4. The van der Waals surface area contributed by atoms with Crippen LogP contribution in [0.1, 0.15) is 37.3 Å². The van der Waals surface area contributed by atoms with E-state index in [0.29, 0.717) is 0 Å². The van der Waals surface area contributed by atoms with Gasteiger partial charge in [0.05, 0.1) is 6.54 Å². The lowest BCUT2D eigenvalue weighted by atomic mass is 9.29. The molecule has 0 amide bonds. The first kappa shape index (κ1) is 23.7. The number of hydrogen-bond donors (Lipinski definition) is 1. The third kappa shape index (κ3) is 4.05. The van der Waals surface area contributed by atoms with Crippen molar-refractivity contribution < 1.29 is 31.8 Å². The zero-order chi connectivity index (χ0) is 25.1. The number of ether oxygens (including phenoxy) is 1. The molecule has 3 saturated carbocycles. The molecule has 0 spiro atoms. The molecule has 3 aliphatic carbocycles.